The molecule has 0 aromatic carbocycles. The molecule has 1 nitrogen and oxygen atoms in total. The van der Waals surface area contributed by atoms with Crippen LogP contribution in [0.2, 0.25) is 0 Å². The molecule has 0 N–H and O–H groups in total. The highest BCUT2D eigenvalue weighted by Crippen LogP contribution is 2.12. The minimum Gasteiger partial charge on any atom is -0.377 e. The first-order valence-electron chi connectivity index (χ1n) is 3.24. The summed E-state index contributed by atoms with van der Waals surface area (Å²) >= 11 is 5.08. The smallest absolute Gasteiger partial charge is 0.0619 e. The van der Waals surface area contributed by atoms with E-state index in [1.54, 1.807) is 0 Å². The highest BCUT2D eigenvalue weighted by Gasteiger charge is 2.12. The summed E-state index contributed by atoms with van der Waals surface area (Å²) in [7, 11) is 0. The number of rotatable bonds is 3. The van der Waals surface area contributed by atoms with E-state index in [4.69, 9.17) is 17.4 Å². The molecule has 9 heavy (non-hydrogen) atoms. The van der Waals surface area contributed by atoms with Crippen LogP contribution in [0.5, 0.6) is 0 Å². The Balaban J connectivity index is 3.28. The fraction of sp³-hybridized carbons (Fsp3) is 1.00. The Labute approximate surface area is 63.2 Å². The van der Waals surface area contributed by atoms with E-state index in [9.17, 15) is 0 Å². The van der Waals surface area contributed by atoms with Crippen LogP contribution in [0.1, 0.15) is 27.7 Å². The Morgan fingerprint density at radius 2 is 1.89 bits per heavy atom. The van der Waals surface area contributed by atoms with Crippen LogP contribution in [-0.4, -0.2) is 17.5 Å². The van der Waals surface area contributed by atoms with Crippen molar-refractivity contribution in [2.24, 2.45) is 0 Å². The van der Waals surface area contributed by atoms with Crippen LogP contribution in [0.4, 0.5) is 0 Å². The quantitative estimate of drug-likeness (QED) is 0.595. The third-order valence-corrected chi connectivity index (χ3v) is 0.882. The Hall–Kier alpha value is 0.310. The lowest BCUT2D eigenvalue weighted by Crippen LogP contribution is -2.21. The normalized spacial score (nSPS) is 12.7. The second kappa shape index (κ2) is 3.47. The molecule has 0 amide bonds. The first kappa shape index (κ1) is 9.31. The highest BCUT2D eigenvalue weighted by atomic mass is 32.1. The molecule has 0 atom stereocenters. The van der Waals surface area contributed by atoms with Gasteiger partial charge in [-0.3, -0.25) is 0 Å². The lowest BCUT2D eigenvalue weighted by atomic mass is 10.2. The molecule has 0 saturated carbocycles. The predicted molar refractivity (Wildman–Crippen MR) is 42.8 cm³/mol. The highest BCUT2D eigenvalue weighted by molar-refractivity contribution is 7.81. The Morgan fingerprint density at radius 1 is 1.44 bits per heavy atom. The summed E-state index contributed by atoms with van der Waals surface area (Å²) in [4.78, 5) is 0. The van der Waals surface area contributed by atoms with E-state index >= 15 is 0 Å². The largest absolute Gasteiger partial charge is 0.377 e. The van der Waals surface area contributed by atoms with Crippen LogP contribution >= 0.6 is 12.6 Å². The van der Waals surface area contributed by atoms with Crippen molar-refractivity contribution >= 4 is 12.6 Å². The minimum atomic E-state index is -0.107. The SMILES string of the molecule is CC(C)OCC(C)(C)[S]. The number of ether oxygens (including phenoxy) is 1. The van der Waals surface area contributed by atoms with Gasteiger partial charge in [-0.05, 0) is 27.7 Å². The van der Waals surface area contributed by atoms with Crippen molar-refractivity contribution in [2.45, 2.75) is 38.5 Å². The van der Waals surface area contributed by atoms with Crippen molar-refractivity contribution < 1.29 is 4.74 Å². The molecule has 0 aliphatic heterocycles. The Morgan fingerprint density at radius 3 is 2.00 bits per heavy atom. The summed E-state index contributed by atoms with van der Waals surface area (Å²) in [6, 6.07) is 0. The zero-order valence-corrected chi connectivity index (χ0v) is 7.42. The maximum Gasteiger partial charge on any atom is 0.0619 e. The minimum absolute atomic E-state index is 0.107. The van der Waals surface area contributed by atoms with Crippen molar-refractivity contribution in [3.8, 4) is 0 Å². The Bertz CT molecular complexity index is 73.5. The molecule has 0 bridgehead atoms. The molecule has 0 aromatic rings. The van der Waals surface area contributed by atoms with Crippen molar-refractivity contribution in [3.63, 3.8) is 0 Å². The topological polar surface area (TPSA) is 9.23 Å². The summed E-state index contributed by atoms with van der Waals surface area (Å²) < 4.78 is 5.20. The van der Waals surface area contributed by atoms with Gasteiger partial charge in [-0.25, -0.2) is 0 Å². The van der Waals surface area contributed by atoms with E-state index in [2.05, 4.69) is 0 Å². The van der Waals surface area contributed by atoms with Gasteiger partial charge < -0.3 is 4.74 Å². The average Bonchev–Trinajstić information content (AvgIpc) is 1.59. The summed E-state index contributed by atoms with van der Waals surface area (Å²) in [6.45, 7) is 8.68. The maximum atomic E-state index is 5.30. The molecule has 0 heterocycles. The van der Waals surface area contributed by atoms with Gasteiger partial charge in [-0.2, -0.15) is 0 Å². The van der Waals surface area contributed by atoms with Gasteiger partial charge in [0.1, 0.15) is 0 Å². The van der Waals surface area contributed by atoms with E-state index in [1.165, 1.54) is 0 Å². The van der Waals surface area contributed by atoms with Gasteiger partial charge in [0.25, 0.3) is 0 Å². The summed E-state index contributed by atoms with van der Waals surface area (Å²) in [6.07, 6.45) is 0.298. The molecule has 0 spiro atoms. The summed E-state index contributed by atoms with van der Waals surface area (Å²) in [5, 5.41) is 0. The van der Waals surface area contributed by atoms with Crippen LogP contribution in [0.25, 0.3) is 0 Å². The van der Waals surface area contributed by atoms with Gasteiger partial charge in [0.2, 0.25) is 0 Å². The molecular weight excluding hydrogens is 132 g/mol. The molecule has 1 radical (unpaired) electrons. The number of hydrogen-bond donors (Lipinski definition) is 0. The van der Waals surface area contributed by atoms with Gasteiger partial charge in [0.05, 0.1) is 12.7 Å². The zero-order chi connectivity index (χ0) is 7.49. The van der Waals surface area contributed by atoms with Crippen LogP contribution in [0.3, 0.4) is 0 Å². The molecule has 2 heteroatoms. The first-order valence-corrected chi connectivity index (χ1v) is 3.65. The van der Waals surface area contributed by atoms with E-state index in [0.717, 1.165) is 0 Å². The molecule has 0 saturated heterocycles. The maximum absolute atomic E-state index is 5.30. The average molecular weight is 147 g/mol. The molecule has 55 valence electrons. The Kier molecular flexibility index (Phi) is 3.59. The number of hydrogen-bond acceptors (Lipinski definition) is 1. The van der Waals surface area contributed by atoms with Crippen molar-refractivity contribution in [1.29, 1.82) is 0 Å². The standard InChI is InChI=1S/C7H15OS/c1-6(2)8-5-7(3,4)9/h6H,5H2,1-4H3. The fourth-order valence-corrected chi connectivity index (χ4v) is 0.435. The molecule has 0 unspecified atom stereocenters. The molecule has 0 aliphatic carbocycles. The van der Waals surface area contributed by atoms with Crippen LogP contribution in [-0.2, 0) is 4.74 Å². The van der Waals surface area contributed by atoms with Crippen LogP contribution < -0.4 is 0 Å². The molecule has 0 fully saturated rings. The predicted octanol–water partition coefficient (Wildman–Crippen LogP) is 2.39. The third-order valence-electron chi connectivity index (χ3n) is 0.764. The van der Waals surface area contributed by atoms with E-state index in [-0.39, 0.29) is 4.75 Å². The van der Waals surface area contributed by atoms with Crippen LogP contribution in [0.15, 0.2) is 0 Å². The van der Waals surface area contributed by atoms with E-state index in [1.807, 2.05) is 27.7 Å². The van der Waals surface area contributed by atoms with Crippen molar-refractivity contribution in [2.75, 3.05) is 6.61 Å². The first-order chi connectivity index (χ1) is 3.92. The summed E-state index contributed by atoms with van der Waals surface area (Å²) in [5.41, 5.74) is 0. The van der Waals surface area contributed by atoms with Crippen LogP contribution in [0, 0.1) is 0 Å². The van der Waals surface area contributed by atoms with Gasteiger partial charge in [-0.15, -0.1) is 0 Å². The summed E-state index contributed by atoms with van der Waals surface area (Å²) in [5.74, 6) is 0. The third kappa shape index (κ3) is 8.31. The van der Waals surface area contributed by atoms with Gasteiger partial charge in [0, 0.05) is 4.75 Å². The van der Waals surface area contributed by atoms with Gasteiger partial charge in [0.15, 0.2) is 0 Å². The second-order valence-electron chi connectivity index (χ2n) is 3.12. The molecular formula is C7H15OS. The van der Waals surface area contributed by atoms with Crippen molar-refractivity contribution in [3.05, 3.63) is 0 Å². The van der Waals surface area contributed by atoms with E-state index < -0.39 is 0 Å². The molecule has 0 rings (SSSR count). The molecule has 0 aliphatic rings. The lowest BCUT2D eigenvalue weighted by molar-refractivity contribution is 0.0675. The van der Waals surface area contributed by atoms with Gasteiger partial charge in [-0.1, -0.05) is 12.6 Å². The van der Waals surface area contributed by atoms with Gasteiger partial charge >= 0.3 is 0 Å². The molecule has 0 aromatic heterocycles. The monoisotopic (exact) mass is 147 g/mol. The second-order valence-corrected chi connectivity index (χ2v) is 4.22. The lowest BCUT2D eigenvalue weighted by Gasteiger charge is -2.17. The zero-order valence-electron chi connectivity index (χ0n) is 6.60. The van der Waals surface area contributed by atoms with E-state index in [0.29, 0.717) is 12.7 Å². The fourth-order valence-electron chi connectivity index (χ4n) is 0.367. The van der Waals surface area contributed by atoms with Crippen molar-refractivity contribution in [1.82, 2.24) is 0 Å².